The Kier molecular flexibility index (Phi) is 8.20. The standard InChI is InChI=1S/C22H23F3N2O4S/c1-5-31-21(29)17-12-16(30-4)9-10-18(17)27(3)19(28)13-20(32)26(2)15-8-6-7-14(11-15)22(23,24)25/h6-12H,5,13H2,1-4H3. The molecule has 0 aliphatic heterocycles. The summed E-state index contributed by atoms with van der Waals surface area (Å²) in [5.41, 5.74) is -0.180. The first kappa shape index (κ1) is 25.1. The highest BCUT2D eigenvalue weighted by atomic mass is 32.1. The van der Waals surface area contributed by atoms with E-state index in [2.05, 4.69) is 0 Å². The third kappa shape index (κ3) is 5.97. The third-order valence-corrected chi connectivity index (χ3v) is 5.09. The number of hydrogen-bond acceptors (Lipinski definition) is 5. The lowest BCUT2D eigenvalue weighted by atomic mass is 10.1. The smallest absolute Gasteiger partial charge is 0.416 e. The van der Waals surface area contributed by atoms with Crippen molar-refractivity contribution in [1.29, 1.82) is 0 Å². The van der Waals surface area contributed by atoms with E-state index in [9.17, 15) is 22.8 Å². The van der Waals surface area contributed by atoms with Crippen molar-refractivity contribution in [3.63, 3.8) is 0 Å². The number of carbonyl (C=O) groups is 2. The Labute approximate surface area is 189 Å². The fraction of sp³-hybridized carbons (Fsp3) is 0.318. The highest BCUT2D eigenvalue weighted by Crippen LogP contribution is 2.32. The minimum Gasteiger partial charge on any atom is -0.497 e. The molecule has 0 N–H and O–H groups in total. The molecule has 0 saturated heterocycles. The zero-order valence-corrected chi connectivity index (χ0v) is 18.8. The molecule has 0 fully saturated rings. The van der Waals surface area contributed by atoms with E-state index < -0.39 is 23.6 Å². The predicted molar refractivity (Wildman–Crippen MR) is 119 cm³/mol. The van der Waals surface area contributed by atoms with Gasteiger partial charge in [0.15, 0.2) is 0 Å². The summed E-state index contributed by atoms with van der Waals surface area (Å²) in [7, 11) is 4.41. The van der Waals surface area contributed by atoms with Crippen molar-refractivity contribution < 1.29 is 32.2 Å². The highest BCUT2D eigenvalue weighted by molar-refractivity contribution is 7.80. The van der Waals surface area contributed by atoms with Gasteiger partial charge in [-0.3, -0.25) is 4.79 Å². The fourth-order valence-electron chi connectivity index (χ4n) is 2.84. The Morgan fingerprint density at radius 3 is 2.34 bits per heavy atom. The molecular weight excluding hydrogens is 445 g/mol. The van der Waals surface area contributed by atoms with Gasteiger partial charge in [-0.1, -0.05) is 18.3 Å². The fourth-order valence-corrected chi connectivity index (χ4v) is 3.07. The van der Waals surface area contributed by atoms with Gasteiger partial charge in [-0.2, -0.15) is 13.2 Å². The molecule has 0 aliphatic rings. The van der Waals surface area contributed by atoms with Crippen LogP contribution in [0.2, 0.25) is 0 Å². The Balaban J connectivity index is 2.22. The molecule has 0 heterocycles. The average Bonchev–Trinajstić information content (AvgIpc) is 2.77. The van der Waals surface area contributed by atoms with Gasteiger partial charge < -0.3 is 19.3 Å². The van der Waals surface area contributed by atoms with Crippen LogP contribution in [-0.2, 0) is 15.7 Å². The maximum absolute atomic E-state index is 13.0. The second-order valence-electron chi connectivity index (χ2n) is 6.73. The largest absolute Gasteiger partial charge is 0.497 e. The molecule has 2 aromatic carbocycles. The number of benzene rings is 2. The van der Waals surface area contributed by atoms with Crippen LogP contribution in [0.25, 0.3) is 0 Å². The molecule has 10 heteroatoms. The molecule has 172 valence electrons. The first-order chi connectivity index (χ1) is 15.0. The van der Waals surface area contributed by atoms with Crippen LogP contribution >= 0.6 is 12.2 Å². The van der Waals surface area contributed by atoms with Gasteiger partial charge in [-0.05, 0) is 43.3 Å². The number of nitrogens with zero attached hydrogens (tertiary/aromatic N) is 2. The van der Waals surface area contributed by atoms with Crippen LogP contribution in [0.4, 0.5) is 24.5 Å². The topological polar surface area (TPSA) is 59.1 Å². The number of anilines is 2. The molecule has 0 unspecified atom stereocenters. The van der Waals surface area contributed by atoms with Gasteiger partial charge in [0.05, 0.1) is 41.9 Å². The van der Waals surface area contributed by atoms with Crippen LogP contribution in [0.5, 0.6) is 5.75 Å². The van der Waals surface area contributed by atoms with Crippen LogP contribution in [0.15, 0.2) is 42.5 Å². The second-order valence-corrected chi connectivity index (χ2v) is 7.21. The van der Waals surface area contributed by atoms with Crippen LogP contribution in [0, 0.1) is 0 Å². The molecular formula is C22H23F3N2O4S. The molecule has 32 heavy (non-hydrogen) atoms. The minimum absolute atomic E-state index is 0.118. The van der Waals surface area contributed by atoms with Gasteiger partial charge in [-0.15, -0.1) is 0 Å². The Bertz CT molecular complexity index is 1010. The summed E-state index contributed by atoms with van der Waals surface area (Å²) in [6, 6.07) is 9.26. The Morgan fingerprint density at radius 2 is 1.75 bits per heavy atom. The second kappa shape index (κ2) is 10.4. The maximum atomic E-state index is 13.0. The number of amides is 1. The number of thiocarbonyl (C=S) groups is 1. The minimum atomic E-state index is -4.49. The first-order valence-corrected chi connectivity index (χ1v) is 9.96. The highest BCUT2D eigenvalue weighted by Gasteiger charge is 2.31. The summed E-state index contributed by atoms with van der Waals surface area (Å²) in [4.78, 5) is 27.9. The zero-order chi connectivity index (χ0) is 24.1. The molecule has 2 rings (SSSR count). The van der Waals surface area contributed by atoms with E-state index in [-0.39, 0.29) is 29.3 Å². The molecule has 6 nitrogen and oxygen atoms in total. The molecule has 0 radical (unpaired) electrons. The number of ether oxygens (including phenoxy) is 2. The van der Waals surface area contributed by atoms with Crippen molar-refractivity contribution in [2.75, 3.05) is 37.6 Å². The van der Waals surface area contributed by atoms with Gasteiger partial charge in [0, 0.05) is 19.8 Å². The van der Waals surface area contributed by atoms with E-state index in [0.717, 1.165) is 12.1 Å². The number of hydrogen-bond donors (Lipinski definition) is 0. The predicted octanol–water partition coefficient (Wildman–Crippen LogP) is 4.71. The van der Waals surface area contributed by atoms with Crippen molar-refractivity contribution in [2.45, 2.75) is 19.5 Å². The third-order valence-electron chi connectivity index (χ3n) is 4.67. The lowest BCUT2D eigenvalue weighted by Gasteiger charge is -2.24. The summed E-state index contributed by atoms with van der Waals surface area (Å²) in [6.07, 6.45) is -4.75. The van der Waals surface area contributed by atoms with Gasteiger partial charge in [0.2, 0.25) is 5.91 Å². The summed E-state index contributed by atoms with van der Waals surface area (Å²) in [6.45, 7) is 1.81. The van der Waals surface area contributed by atoms with Gasteiger partial charge in [0.1, 0.15) is 5.75 Å². The molecule has 0 spiro atoms. The SMILES string of the molecule is CCOC(=O)c1cc(OC)ccc1N(C)C(=O)CC(=S)N(C)c1cccc(C(F)(F)F)c1. The summed E-state index contributed by atoms with van der Waals surface area (Å²) >= 11 is 5.29. The van der Waals surface area contributed by atoms with Crippen LogP contribution in [0.1, 0.15) is 29.3 Å². The molecule has 1 amide bonds. The molecule has 0 aromatic heterocycles. The molecule has 0 bridgehead atoms. The first-order valence-electron chi connectivity index (χ1n) is 9.55. The summed E-state index contributed by atoms with van der Waals surface area (Å²) in [5.74, 6) is -0.660. The zero-order valence-electron chi connectivity index (χ0n) is 18.0. The monoisotopic (exact) mass is 468 g/mol. The average molecular weight is 468 g/mol. The summed E-state index contributed by atoms with van der Waals surface area (Å²) < 4.78 is 49.2. The quantitative estimate of drug-likeness (QED) is 0.434. The van der Waals surface area contributed by atoms with Gasteiger partial charge in [0.25, 0.3) is 0 Å². The molecule has 2 aromatic rings. The molecule has 0 aliphatic carbocycles. The van der Waals surface area contributed by atoms with Crippen molar-refractivity contribution >= 4 is 40.5 Å². The van der Waals surface area contributed by atoms with Crippen molar-refractivity contribution in [1.82, 2.24) is 0 Å². The van der Waals surface area contributed by atoms with E-state index >= 15 is 0 Å². The number of methoxy groups -OCH3 is 1. The number of alkyl halides is 3. The summed E-state index contributed by atoms with van der Waals surface area (Å²) in [5, 5.41) is 0. The Hall–Kier alpha value is -3.14. The van der Waals surface area contributed by atoms with Crippen molar-refractivity contribution in [2.24, 2.45) is 0 Å². The van der Waals surface area contributed by atoms with Gasteiger partial charge in [-0.25, -0.2) is 4.79 Å². The number of carbonyl (C=O) groups excluding carboxylic acids is 2. The Morgan fingerprint density at radius 1 is 1.06 bits per heavy atom. The lowest BCUT2D eigenvalue weighted by Crippen LogP contribution is -2.34. The van der Waals surface area contributed by atoms with Gasteiger partial charge >= 0.3 is 12.1 Å². The van der Waals surface area contributed by atoms with E-state index in [4.69, 9.17) is 21.7 Å². The molecule has 0 atom stereocenters. The number of halogens is 3. The lowest BCUT2D eigenvalue weighted by molar-refractivity contribution is -0.137. The van der Waals surface area contributed by atoms with Crippen molar-refractivity contribution in [3.8, 4) is 5.75 Å². The van der Waals surface area contributed by atoms with E-state index in [1.165, 1.54) is 49.2 Å². The van der Waals surface area contributed by atoms with E-state index in [1.807, 2.05) is 0 Å². The number of rotatable bonds is 7. The van der Waals surface area contributed by atoms with Crippen LogP contribution < -0.4 is 14.5 Å². The van der Waals surface area contributed by atoms with E-state index in [1.54, 1.807) is 19.1 Å². The molecule has 0 saturated carbocycles. The van der Waals surface area contributed by atoms with E-state index in [0.29, 0.717) is 11.4 Å². The van der Waals surface area contributed by atoms with Crippen molar-refractivity contribution in [3.05, 3.63) is 53.6 Å². The maximum Gasteiger partial charge on any atom is 0.416 e. The normalized spacial score (nSPS) is 11.0. The number of esters is 1. The van der Waals surface area contributed by atoms with Crippen LogP contribution in [-0.4, -0.2) is 44.7 Å². The van der Waals surface area contributed by atoms with Crippen LogP contribution in [0.3, 0.4) is 0 Å².